The molecule has 1 fully saturated rings. The molecule has 25 heavy (non-hydrogen) atoms. The van der Waals surface area contributed by atoms with Crippen molar-refractivity contribution < 1.29 is 9.90 Å². The maximum atomic E-state index is 12.4. The molecule has 1 aliphatic heterocycles. The Kier molecular flexibility index (Phi) is 6.10. The van der Waals surface area contributed by atoms with Crippen LogP contribution in [0.1, 0.15) is 31.7 Å². The molecular weight excluding hydrogens is 314 g/mol. The van der Waals surface area contributed by atoms with Crippen LogP contribution in [-0.4, -0.2) is 64.6 Å². The summed E-state index contributed by atoms with van der Waals surface area (Å²) in [6.07, 6.45) is 5.02. The minimum absolute atomic E-state index is 0.251. The molecule has 2 aromatic rings. The fourth-order valence-corrected chi connectivity index (χ4v) is 3.53. The number of aliphatic hydroxyl groups is 1. The van der Waals surface area contributed by atoms with E-state index in [1.54, 1.807) is 0 Å². The van der Waals surface area contributed by atoms with Gasteiger partial charge in [0.25, 0.3) is 0 Å². The van der Waals surface area contributed by atoms with Crippen molar-refractivity contribution in [2.75, 3.05) is 32.7 Å². The average molecular weight is 343 g/mol. The first-order valence-electron chi connectivity index (χ1n) is 9.40. The third-order valence-electron chi connectivity index (χ3n) is 5.18. The lowest BCUT2D eigenvalue weighted by molar-refractivity contribution is -0.133. The Morgan fingerprint density at radius 2 is 2.00 bits per heavy atom. The number of nitrogens with one attached hydrogen (secondary N) is 1. The largest absolute Gasteiger partial charge is 0.392 e. The molecule has 1 saturated heterocycles. The number of carbonyl (C=O) groups is 1. The molecule has 2 heterocycles. The molecule has 0 bridgehead atoms. The topological polar surface area (TPSA) is 59.6 Å². The SMILES string of the molecule is CC[C@@H](O)CN1CCN(C(=O)CCCc2c[nH]c3ccccc23)CC1. The third kappa shape index (κ3) is 4.61. The highest BCUT2D eigenvalue weighted by Crippen LogP contribution is 2.19. The average Bonchev–Trinajstić information content (AvgIpc) is 3.05. The number of hydrogen-bond donors (Lipinski definition) is 2. The lowest BCUT2D eigenvalue weighted by Gasteiger charge is -2.35. The van der Waals surface area contributed by atoms with E-state index in [0.29, 0.717) is 6.42 Å². The van der Waals surface area contributed by atoms with Gasteiger partial charge in [-0.3, -0.25) is 9.69 Å². The summed E-state index contributed by atoms with van der Waals surface area (Å²) in [6.45, 7) is 6.01. The molecule has 0 saturated carbocycles. The van der Waals surface area contributed by atoms with E-state index >= 15 is 0 Å². The summed E-state index contributed by atoms with van der Waals surface area (Å²) in [5, 5.41) is 11.0. The number of amides is 1. The van der Waals surface area contributed by atoms with Crippen molar-refractivity contribution in [2.24, 2.45) is 0 Å². The molecule has 5 heteroatoms. The van der Waals surface area contributed by atoms with E-state index in [9.17, 15) is 9.90 Å². The van der Waals surface area contributed by atoms with Crippen LogP contribution in [0.3, 0.4) is 0 Å². The smallest absolute Gasteiger partial charge is 0.222 e. The van der Waals surface area contributed by atoms with Crippen molar-refractivity contribution in [1.29, 1.82) is 0 Å². The minimum Gasteiger partial charge on any atom is -0.392 e. The van der Waals surface area contributed by atoms with Gasteiger partial charge in [-0.1, -0.05) is 25.1 Å². The van der Waals surface area contributed by atoms with Crippen LogP contribution in [0.4, 0.5) is 0 Å². The van der Waals surface area contributed by atoms with Gasteiger partial charge in [0.05, 0.1) is 6.10 Å². The Hall–Kier alpha value is -1.85. The number of fused-ring (bicyclic) bond motifs is 1. The van der Waals surface area contributed by atoms with Crippen LogP contribution in [-0.2, 0) is 11.2 Å². The van der Waals surface area contributed by atoms with Gasteiger partial charge in [0.15, 0.2) is 0 Å². The van der Waals surface area contributed by atoms with Crippen molar-refractivity contribution in [3.8, 4) is 0 Å². The minimum atomic E-state index is -0.251. The van der Waals surface area contributed by atoms with E-state index in [1.807, 2.05) is 17.9 Å². The molecule has 1 atom stereocenters. The summed E-state index contributed by atoms with van der Waals surface area (Å²) in [4.78, 5) is 19.9. The summed E-state index contributed by atoms with van der Waals surface area (Å²) in [7, 11) is 0. The van der Waals surface area contributed by atoms with Crippen LogP contribution in [0.15, 0.2) is 30.5 Å². The molecule has 5 nitrogen and oxygen atoms in total. The number of aromatic nitrogens is 1. The third-order valence-corrected chi connectivity index (χ3v) is 5.18. The fourth-order valence-electron chi connectivity index (χ4n) is 3.53. The summed E-state index contributed by atoms with van der Waals surface area (Å²) in [5.41, 5.74) is 2.45. The Bertz CT molecular complexity index is 689. The number of nitrogens with zero attached hydrogens (tertiary/aromatic N) is 2. The highest BCUT2D eigenvalue weighted by atomic mass is 16.3. The van der Waals surface area contributed by atoms with E-state index < -0.39 is 0 Å². The number of carbonyl (C=O) groups excluding carboxylic acids is 1. The molecule has 136 valence electrons. The molecular formula is C20H29N3O2. The number of benzene rings is 1. The van der Waals surface area contributed by atoms with Gasteiger partial charge < -0.3 is 15.0 Å². The summed E-state index contributed by atoms with van der Waals surface area (Å²) in [5.74, 6) is 0.260. The van der Waals surface area contributed by atoms with Gasteiger partial charge in [-0.25, -0.2) is 0 Å². The zero-order chi connectivity index (χ0) is 17.6. The second kappa shape index (κ2) is 8.50. The summed E-state index contributed by atoms with van der Waals surface area (Å²) >= 11 is 0. The predicted molar refractivity (Wildman–Crippen MR) is 101 cm³/mol. The number of piperazine rings is 1. The first-order valence-corrected chi connectivity index (χ1v) is 9.40. The Morgan fingerprint density at radius 1 is 1.24 bits per heavy atom. The van der Waals surface area contributed by atoms with E-state index in [1.165, 1.54) is 10.9 Å². The van der Waals surface area contributed by atoms with Gasteiger partial charge in [-0.15, -0.1) is 0 Å². The van der Waals surface area contributed by atoms with Crippen LogP contribution in [0, 0.1) is 0 Å². The monoisotopic (exact) mass is 343 g/mol. The molecule has 0 radical (unpaired) electrons. The highest BCUT2D eigenvalue weighted by Gasteiger charge is 2.21. The van der Waals surface area contributed by atoms with Gasteiger partial charge in [-0.05, 0) is 30.9 Å². The van der Waals surface area contributed by atoms with Crippen molar-refractivity contribution in [2.45, 2.75) is 38.7 Å². The number of aromatic amines is 1. The van der Waals surface area contributed by atoms with Gasteiger partial charge in [0, 0.05) is 56.2 Å². The standard InChI is InChI=1S/C20H29N3O2/c1-2-17(24)15-22-10-12-23(13-11-22)20(25)9-5-6-16-14-21-19-8-4-3-7-18(16)19/h3-4,7-8,14,17,21,24H,2,5-6,9-13,15H2,1H3/t17-/m1/s1. The number of H-pyrrole nitrogens is 1. The molecule has 1 amide bonds. The van der Waals surface area contributed by atoms with Crippen LogP contribution in [0.25, 0.3) is 10.9 Å². The number of aryl methyl sites for hydroxylation is 1. The summed E-state index contributed by atoms with van der Waals surface area (Å²) in [6, 6.07) is 8.30. The molecule has 0 aliphatic carbocycles. The zero-order valence-electron chi connectivity index (χ0n) is 15.1. The molecule has 3 rings (SSSR count). The maximum absolute atomic E-state index is 12.4. The van der Waals surface area contributed by atoms with E-state index in [-0.39, 0.29) is 12.0 Å². The molecule has 0 unspecified atom stereocenters. The Morgan fingerprint density at radius 3 is 2.76 bits per heavy atom. The van der Waals surface area contributed by atoms with Crippen molar-refractivity contribution in [1.82, 2.24) is 14.8 Å². The lowest BCUT2D eigenvalue weighted by atomic mass is 10.1. The first kappa shape index (κ1) is 18.0. The van der Waals surface area contributed by atoms with E-state index in [2.05, 4.69) is 34.3 Å². The number of aliphatic hydroxyl groups excluding tert-OH is 1. The summed E-state index contributed by atoms with van der Waals surface area (Å²) < 4.78 is 0. The van der Waals surface area contributed by atoms with Crippen LogP contribution >= 0.6 is 0 Å². The van der Waals surface area contributed by atoms with Gasteiger partial charge >= 0.3 is 0 Å². The lowest BCUT2D eigenvalue weighted by Crippen LogP contribution is -2.50. The van der Waals surface area contributed by atoms with Crippen LogP contribution < -0.4 is 0 Å². The normalized spacial score (nSPS) is 17.1. The number of rotatable bonds is 7. The second-order valence-corrected chi connectivity index (χ2v) is 6.96. The number of hydrogen-bond acceptors (Lipinski definition) is 3. The van der Waals surface area contributed by atoms with E-state index in [0.717, 1.165) is 57.5 Å². The fraction of sp³-hybridized carbons (Fsp3) is 0.550. The van der Waals surface area contributed by atoms with Crippen LogP contribution in [0.2, 0.25) is 0 Å². The zero-order valence-corrected chi connectivity index (χ0v) is 15.1. The van der Waals surface area contributed by atoms with Crippen molar-refractivity contribution >= 4 is 16.8 Å². The molecule has 1 aromatic carbocycles. The molecule has 1 aromatic heterocycles. The highest BCUT2D eigenvalue weighted by molar-refractivity contribution is 5.83. The number of para-hydroxylation sites is 1. The van der Waals surface area contributed by atoms with Gasteiger partial charge in [0.1, 0.15) is 0 Å². The molecule has 1 aliphatic rings. The van der Waals surface area contributed by atoms with Crippen molar-refractivity contribution in [3.05, 3.63) is 36.0 Å². The molecule has 2 N–H and O–H groups in total. The Labute approximate surface area is 149 Å². The van der Waals surface area contributed by atoms with Gasteiger partial charge in [-0.2, -0.15) is 0 Å². The maximum Gasteiger partial charge on any atom is 0.222 e. The van der Waals surface area contributed by atoms with E-state index in [4.69, 9.17) is 0 Å². The van der Waals surface area contributed by atoms with Crippen molar-refractivity contribution in [3.63, 3.8) is 0 Å². The van der Waals surface area contributed by atoms with Crippen LogP contribution in [0.5, 0.6) is 0 Å². The second-order valence-electron chi connectivity index (χ2n) is 6.96. The first-order chi connectivity index (χ1) is 12.2. The predicted octanol–water partition coefficient (Wildman–Crippen LogP) is 2.41. The van der Waals surface area contributed by atoms with Gasteiger partial charge in [0.2, 0.25) is 5.91 Å². The number of β-amino-alcohol motifs (C(OH)–C–C–N with tert-alkyl or cyclic N) is 1. The quantitative estimate of drug-likeness (QED) is 0.812. The Balaban J connectivity index is 1.41. The molecule has 0 spiro atoms.